The molecule has 0 unspecified atom stereocenters. The molecule has 1 N–H and O–H groups in total. The van der Waals surface area contributed by atoms with Crippen molar-refractivity contribution in [3.63, 3.8) is 0 Å². The van der Waals surface area contributed by atoms with E-state index in [2.05, 4.69) is 11.4 Å². The summed E-state index contributed by atoms with van der Waals surface area (Å²) in [5.41, 5.74) is 2.15. The monoisotopic (exact) mass is 446 g/mol. The number of thiophene rings is 1. The van der Waals surface area contributed by atoms with Gasteiger partial charge in [0.25, 0.3) is 0 Å². The van der Waals surface area contributed by atoms with Gasteiger partial charge >= 0.3 is 6.03 Å². The van der Waals surface area contributed by atoms with Crippen LogP contribution in [0.5, 0.6) is 0 Å². The minimum atomic E-state index is -0.333. The molecule has 7 heteroatoms. The first kappa shape index (κ1) is 23.0. The van der Waals surface area contributed by atoms with Crippen LogP contribution < -0.4 is 5.32 Å². The zero-order valence-electron chi connectivity index (χ0n) is 18.0. The molecule has 0 aliphatic carbocycles. The molecule has 0 aliphatic heterocycles. The molecular weight excluding hydrogens is 420 g/mol. The molecule has 0 saturated carbocycles. The van der Waals surface area contributed by atoms with Gasteiger partial charge < -0.3 is 15.1 Å². The number of hydrogen-bond donors (Lipinski definition) is 1. The fraction of sp³-hybridized carbons (Fsp3) is 0.240. The molecule has 0 fully saturated rings. The van der Waals surface area contributed by atoms with Gasteiger partial charge in [0.1, 0.15) is 6.54 Å². The van der Waals surface area contributed by atoms with Crippen molar-refractivity contribution in [1.82, 2.24) is 9.80 Å². The van der Waals surface area contributed by atoms with Gasteiger partial charge in [-0.1, -0.05) is 43.3 Å². The molecule has 164 valence electrons. The Balaban J connectivity index is 1.71. The fourth-order valence-corrected chi connectivity index (χ4v) is 3.96. The van der Waals surface area contributed by atoms with Crippen molar-refractivity contribution < 1.29 is 9.59 Å². The zero-order chi connectivity index (χ0) is 22.8. The Morgan fingerprint density at radius 3 is 2.34 bits per heavy atom. The van der Waals surface area contributed by atoms with Gasteiger partial charge in [0.2, 0.25) is 5.91 Å². The molecule has 3 aromatic rings. The van der Waals surface area contributed by atoms with Gasteiger partial charge in [-0.15, -0.1) is 11.3 Å². The predicted octanol–water partition coefficient (Wildman–Crippen LogP) is 5.09. The number of urea groups is 1. The summed E-state index contributed by atoms with van der Waals surface area (Å²) in [4.78, 5) is 30.6. The first-order chi connectivity index (χ1) is 15.6. The van der Waals surface area contributed by atoms with Crippen molar-refractivity contribution in [2.24, 2.45) is 0 Å². The van der Waals surface area contributed by atoms with Gasteiger partial charge in [0.15, 0.2) is 0 Å². The molecule has 0 radical (unpaired) electrons. The molecule has 3 rings (SSSR count). The number of carbonyl (C=O) groups is 2. The van der Waals surface area contributed by atoms with Crippen LogP contribution in [0.1, 0.15) is 29.3 Å². The van der Waals surface area contributed by atoms with Crippen molar-refractivity contribution in [3.8, 4) is 6.07 Å². The zero-order valence-corrected chi connectivity index (χ0v) is 18.8. The second kappa shape index (κ2) is 11.7. The Kier molecular flexibility index (Phi) is 8.41. The first-order valence-corrected chi connectivity index (χ1v) is 11.4. The minimum absolute atomic E-state index is 0.00579. The van der Waals surface area contributed by atoms with Gasteiger partial charge in [0.05, 0.1) is 18.2 Å². The van der Waals surface area contributed by atoms with Crippen molar-refractivity contribution >= 4 is 29.0 Å². The van der Waals surface area contributed by atoms with E-state index in [1.807, 2.05) is 54.8 Å². The fourth-order valence-electron chi connectivity index (χ4n) is 3.24. The molecule has 2 aromatic carbocycles. The maximum atomic E-state index is 13.3. The molecule has 0 saturated heterocycles. The molecule has 0 bridgehead atoms. The number of anilines is 1. The Morgan fingerprint density at radius 1 is 0.969 bits per heavy atom. The summed E-state index contributed by atoms with van der Waals surface area (Å²) in [5.74, 6) is -0.106. The number of nitrogens with one attached hydrogen (secondary N) is 1. The SMILES string of the molecule is CCCN(CC(=O)N(Cc1ccccc1)Cc1cccs1)C(=O)Nc1ccc(C#N)cc1. The lowest BCUT2D eigenvalue weighted by molar-refractivity contribution is -0.133. The summed E-state index contributed by atoms with van der Waals surface area (Å²) in [6, 6.07) is 22.2. The van der Waals surface area contributed by atoms with E-state index in [-0.39, 0.29) is 18.5 Å². The third kappa shape index (κ3) is 6.69. The van der Waals surface area contributed by atoms with Crippen LogP contribution in [0.4, 0.5) is 10.5 Å². The smallest absolute Gasteiger partial charge is 0.322 e. The van der Waals surface area contributed by atoms with Gasteiger partial charge in [0, 0.05) is 23.7 Å². The average Bonchev–Trinajstić information content (AvgIpc) is 3.32. The van der Waals surface area contributed by atoms with E-state index in [0.29, 0.717) is 30.9 Å². The van der Waals surface area contributed by atoms with E-state index in [1.54, 1.807) is 40.5 Å². The van der Waals surface area contributed by atoms with Crippen LogP contribution >= 0.6 is 11.3 Å². The summed E-state index contributed by atoms with van der Waals surface area (Å²) in [5, 5.41) is 13.8. The number of hydrogen-bond acceptors (Lipinski definition) is 4. The number of benzene rings is 2. The Hall–Kier alpha value is -3.63. The number of nitriles is 1. The van der Waals surface area contributed by atoms with Crippen LogP contribution in [0.25, 0.3) is 0 Å². The normalized spacial score (nSPS) is 10.2. The summed E-state index contributed by atoms with van der Waals surface area (Å²) >= 11 is 1.61. The number of nitrogens with zero attached hydrogens (tertiary/aromatic N) is 3. The third-order valence-corrected chi connectivity index (χ3v) is 5.73. The Labute approximate surface area is 192 Å². The summed E-state index contributed by atoms with van der Waals surface area (Å²) in [7, 11) is 0. The highest BCUT2D eigenvalue weighted by Gasteiger charge is 2.22. The maximum Gasteiger partial charge on any atom is 0.322 e. The van der Waals surface area contributed by atoms with Crippen molar-refractivity contribution in [2.75, 3.05) is 18.4 Å². The lowest BCUT2D eigenvalue weighted by atomic mass is 10.2. The van der Waals surface area contributed by atoms with Gasteiger partial charge in [-0.3, -0.25) is 4.79 Å². The van der Waals surface area contributed by atoms with Crippen LogP contribution in [0.3, 0.4) is 0 Å². The van der Waals surface area contributed by atoms with E-state index < -0.39 is 0 Å². The molecule has 32 heavy (non-hydrogen) atoms. The second-order valence-electron chi connectivity index (χ2n) is 7.36. The van der Waals surface area contributed by atoms with E-state index >= 15 is 0 Å². The highest BCUT2D eigenvalue weighted by Crippen LogP contribution is 2.16. The molecule has 3 amide bonds. The van der Waals surface area contributed by atoms with Crippen LogP contribution in [0.2, 0.25) is 0 Å². The van der Waals surface area contributed by atoms with Crippen LogP contribution in [0, 0.1) is 11.3 Å². The van der Waals surface area contributed by atoms with Crippen molar-refractivity contribution in [1.29, 1.82) is 5.26 Å². The lowest BCUT2D eigenvalue weighted by Crippen LogP contribution is -2.44. The largest absolute Gasteiger partial charge is 0.332 e. The molecule has 0 spiro atoms. The van der Waals surface area contributed by atoms with Crippen molar-refractivity contribution in [3.05, 3.63) is 88.1 Å². The van der Waals surface area contributed by atoms with Crippen LogP contribution in [-0.2, 0) is 17.9 Å². The van der Waals surface area contributed by atoms with Gasteiger partial charge in [-0.25, -0.2) is 4.79 Å². The molecule has 6 nitrogen and oxygen atoms in total. The van der Waals surface area contributed by atoms with E-state index in [4.69, 9.17) is 5.26 Å². The van der Waals surface area contributed by atoms with E-state index in [1.165, 1.54) is 4.90 Å². The summed E-state index contributed by atoms with van der Waals surface area (Å²) in [6.45, 7) is 3.41. The third-order valence-electron chi connectivity index (χ3n) is 4.87. The second-order valence-corrected chi connectivity index (χ2v) is 8.39. The molecule has 0 aliphatic rings. The summed E-state index contributed by atoms with van der Waals surface area (Å²) < 4.78 is 0. The standard InChI is InChI=1S/C25H26N4O2S/c1-2-14-28(25(31)27-22-12-10-20(16-26)11-13-22)19-24(30)29(18-23-9-6-15-32-23)17-21-7-4-3-5-8-21/h3-13,15H,2,14,17-19H2,1H3,(H,27,31). The minimum Gasteiger partial charge on any atom is -0.332 e. The number of amides is 3. The molecule has 1 aromatic heterocycles. The highest BCUT2D eigenvalue weighted by molar-refractivity contribution is 7.09. The maximum absolute atomic E-state index is 13.3. The quantitative estimate of drug-likeness (QED) is 0.497. The highest BCUT2D eigenvalue weighted by atomic mass is 32.1. The van der Waals surface area contributed by atoms with Crippen molar-refractivity contribution in [2.45, 2.75) is 26.4 Å². The Bertz CT molecular complexity index is 1040. The predicted molar refractivity (Wildman–Crippen MR) is 127 cm³/mol. The van der Waals surface area contributed by atoms with Gasteiger partial charge in [-0.2, -0.15) is 5.26 Å². The average molecular weight is 447 g/mol. The van der Waals surface area contributed by atoms with Gasteiger partial charge in [-0.05, 0) is 47.7 Å². The topological polar surface area (TPSA) is 76.4 Å². The molecule has 0 atom stereocenters. The van der Waals surface area contributed by atoms with Crippen LogP contribution in [0.15, 0.2) is 72.1 Å². The van der Waals surface area contributed by atoms with E-state index in [9.17, 15) is 9.59 Å². The number of rotatable bonds is 9. The molecule has 1 heterocycles. The van der Waals surface area contributed by atoms with Crippen LogP contribution in [-0.4, -0.2) is 34.8 Å². The first-order valence-electron chi connectivity index (χ1n) is 10.5. The Morgan fingerprint density at radius 2 is 1.72 bits per heavy atom. The number of carbonyl (C=O) groups excluding carboxylic acids is 2. The van der Waals surface area contributed by atoms with E-state index in [0.717, 1.165) is 16.9 Å². The molecular formula is C25H26N4O2S. The lowest BCUT2D eigenvalue weighted by Gasteiger charge is -2.27. The summed E-state index contributed by atoms with van der Waals surface area (Å²) in [6.07, 6.45) is 0.734.